The van der Waals surface area contributed by atoms with Crippen molar-refractivity contribution in [2.45, 2.75) is 26.2 Å². The highest BCUT2D eigenvalue weighted by Crippen LogP contribution is 2.33. The standard InChI is InChI=1S/C28H26BrIN4O4/c1-4-17(2)27-33-23-11-10-19(29)14-21(23)28(36)34(27)31-15-18-12-22(30)26(24(13-18)37-3)38-16-25(35)32-20-8-6-5-7-9-20/h5-15,17H,4,16H2,1-3H3,(H,32,35)/t17-/m1/s1. The first kappa shape index (κ1) is 27.8. The zero-order valence-corrected chi connectivity index (χ0v) is 24.8. The number of ether oxygens (including phenoxy) is 2. The first-order valence-corrected chi connectivity index (χ1v) is 13.8. The molecule has 10 heteroatoms. The topological polar surface area (TPSA) is 94.8 Å². The summed E-state index contributed by atoms with van der Waals surface area (Å²) in [6.45, 7) is 3.88. The Morgan fingerprint density at radius 2 is 1.97 bits per heavy atom. The lowest BCUT2D eigenvalue weighted by Gasteiger charge is -2.15. The maximum atomic E-state index is 13.4. The van der Waals surface area contributed by atoms with Gasteiger partial charge in [-0.2, -0.15) is 9.78 Å². The molecule has 0 fully saturated rings. The zero-order valence-electron chi connectivity index (χ0n) is 21.1. The number of hydrogen-bond donors (Lipinski definition) is 1. The molecule has 4 aromatic rings. The summed E-state index contributed by atoms with van der Waals surface area (Å²) < 4.78 is 14.2. The number of anilines is 1. The van der Waals surface area contributed by atoms with E-state index in [1.54, 1.807) is 30.5 Å². The summed E-state index contributed by atoms with van der Waals surface area (Å²) in [5.41, 5.74) is 1.78. The van der Waals surface area contributed by atoms with Crippen LogP contribution in [0.1, 0.15) is 37.6 Å². The Balaban J connectivity index is 1.62. The van der Waals surface area contributed by atoms with Crippen LogP contribution < -0.4 is 20.3 Å². The molecule has 0 aliphatic carbocycles. The first-order chi connectivity index (χ1) is 18.3. The third-order valence-corrected chi connectivity index (χ3v) is 7.16. The average molecular weight is 689 g/mol. The van der Waals surface area contributed by atoms with Crippen molar-refractivity contribution in [1.82, 2.24) is 9.66 Å². The van der Waals surface area contributed by atoms with Crippen molar-refractivity contribution in [3.63, 3.8) is 0 Å². The zero-order chi connectivity index (χ0) is 27.2. The first-order valence-electron chi connectivity index (χ1n) is 11.9. The lowest BCUT2D eigenvalue weighted by molar-refractivity contribution is -0.118. The van der Waals surface area contributed by atoms with Gasteiger partial charge in [0.2, 0.25) is 0 Å². The van der Waals surface area contributed by atoms with Crippen molar-refractivity contribution < 1.29 is 14.3 Å². The van der Waals surface area contributed by atoms with Gasteiger partial charge in [0.25, 0.3) is 11.5 Å². The van der Waals surface area contributed by atoms with Crippen molar-refractivity contribution in [3.05, 3.63) is 90.4 Å². The molecule has 1 atom stereocenters. The van der Waals surface area contributed by atoms with Gasteiger partial charge in [-0.05, 0) is 77.0 Å². The van der Waals surface area contributed by atoms with E-state index in [0.29, 0.717) is 39.5 Å². The average Bonchev–Trinajstić information content (AvgIpc) is 2.91. The molecule has 3 aromatic carbocycles. The number of aromatic nitrogens is 2. The number of carbonyl (C=O) groups is 1. The maximum Gasteiger partial charge on any atom is 0.282 e. The second-order valence-corrected chi connectivity index (χ2v) is 10.6. The molecule has 38 heavy (non-hydrogen) atoms. The van der Waals surface area contributed by atoms with E-state index in [9.17, 15) is 9.59 Å². The lowest BCUT2D eigenvalue weighted by atomic mass is 10.1. The largest absolute Gasteiger partial charge is 0.493 e. The van der Waals surface area contributed by atoms with E-state index in [1.165, 1.54) is 11.8 Å². The highest BCUT2D eigenvalue weighted by molar-refractivity contribution is 14.1. The fraction of sp³-hybridized carbons (Fsp3) is 0.214. The van der Waals surface area contributed by atoms with Gasteiger partial charge in [-0.15, -0.1) is 0 Å². The number of carbonyl (C=O) groups excluding carboxylic acids is 1. The fourth-order valence-electron chi connectivity index (χ4n) is 3.71. The fourth-order valence-corrected chi connectivity index (χ4v) is 4.86. The summed E-state index contributed by atoms with van der Waals surface area (Å²) in [5, 5.41) is 7.80. The summed E-state index contributed by atoms with van der Waals surface area (Å²) >= 11 is 5.55. The number of amides is 1. The second kappa shape index (κ2) is 12.5. The van der Waals surface area contributed by atoms with Gasteiger partial charge in [-0.1, -0.05) is 48.0 Å². The van der Waals surface area contributed by atoms with Crippen LogP contribution in [0, 0.1) is 3.57 Å². The summed E-state index contributed by atoms with van der Waals surface area (Å²) in [6.07, 6.45) is 2.40. The Labute approximate surface area is 242 Å². The molecule has 0 unspecified atom stereocenters. The normalized spacial score (nSPS) is 12.0. The Bertz CT molecular complexity index is 1560. The molecule has 0 aliphatic heterocycles. The smallest absolute Gasteiger partial charge is 0.282 e. The maximum absolute atomic E-state index is 13.4. The molecule has 8 nitrogen and oxygen atoms in total. The van der Waals surface area contributed by atoms with E-state index in [-0.39, 0.29) is 24.0 Å². The Morgan fingerprint density at radius 1 is 1.21 bits per heavy atom. The molecule has 0 saturated carbocycles. The van der Waals surface area contributed by atoms with Gasteiger partial charge in [-0.3, -0.25) is 9.59 Å². The van der Waals surface area contributed by atoms with Gasteiger partial charge in [0.1, 0.15) is 5.82 Å². The lowest BCUT2D eigenvalue weighted by Crippen LogP contribution is -2.23. The van der Waals surface area contributed by atoms with Crippen molar-refractivity contribution in [2.75, 3.05) is 19.0 Å². The summed E-state index contributed by atoms with van der Waals surface area (Å²) in [6, 6.07) is 18.2. The highest BCUT2D eigenvalue weighted by atomic mass is 127. The second-order valence-electron chi connectivity index (χ2n) is 8.54. The van der Waals surface area contributed by atoms with Crippen LogP contribution in [-0.4, -0.2) is 35.5 Å². The quantitative estimate of drug-likeness (QED) is 0.167. The third-order valence-electron chi connectivity index (χ3n) is 5.87. The van der Waals surface area contributed by atoms with E-state index >= 15 is 0 Å². The highest BCUT2D eigenvalue weighted by Gasteiger charge is 2.17. The van der Waals surface area contributed by atoms with E-state index in [4.69, 9.17) is 14.5 Å². The van der Waals surface area contributed by atoms with Crippen LogP contribution in [0.5, 0.6) is 11.5 Å². The van der Waals surface area contributed by atoms with Crippen LogP contribution in [0.4, 0.5) is 5.69 Å². The van der Waals surface area contributed by atoms with Crippen molar-refractivity contribution in [3.8, 4) is 11.5 Å². The van der Waals surface area contributed by atoms with Crippen molar-refractivity contribution in [2.24, 2.45) is 5.10 Å². The molecule has 0 saturated heterocycles. The minimum absolute atomic E-state index is 0.0281. The number of fused-ring (bicyclic) bond motifs is 1. The van der Waals surface area contributed by atoms with Crippen LogP contribution in [0.3, 0.4) is 0 Å². The SMILES string of the molecule is CC[C@@H](C)c1nc2ccc(Br)cc2c(=O)n1N=Cc1cc(I)c(OCC(=O)Nc2ccccc2)c(OC)c1. The predicted octanol–water partition coefficient (Wildman–Crippen LogP) is 6.19. The number of methoxy groups -OCH3 is 1. The number of rotatable bonds is 9. The van der Waals surface area contributed by atoms with E-state index in [1.807, 2.05) is 50.2 Å². The number of benzene rings is 3. The molecule has 0 spiro atoms. The van der Waals surface area contributed by atoms with Crippen LogP contribution >= 0.6 is 38.5 Å². The van der Waals surface area contributed by atoms with Crippen LogP contribution in [0.15, 0.2) is 75.0 Å². The number of halogens is 2. The molecule has 0 aliphatic rings. The van der Waals surface area contributed by atoms with Gasteiger partial charge in [0.15, 0.2) is 18.1 Å². The molecule has 1 heterocycles. The van der Waals surface area contributed by atoms with Gasteiger partial charge < -0.3 is 14.8 Å². The van der Waals surface area contributed by atoms with E-state index in [0.717, 1.165) is 14.5 Å². The summed E-state index contributed by atoms with van der Waals surface area (Å²) in [5.74, 6) is 1.23. The number of nitrogens with one attached hydrogen (secondary N) is 1. The van der Waals surface area contributed by atoms with Gasteiger partial charge in [-0.25, -0.2) is 4.98 Å². The number of nitrogens with zero attached hydrogens (tertiary/aromatic N) is 3. The Hall–Kier alpha value is -3.25. The summed E-state index contributed by atoms with van der Waals surface area (Å²) in [7, 11) is 1.53. The molecule has 0 radical (unpaired) electrons. The van der Waals surface area contributed by atoms with Gasteiger partial charge >= 0.3 is 0 Å². The monoisotopic (exact) mass is 688 g/mol. The van der Waals surface area contributed by atoms with E-state index in [2.05, 4.69) is 48.9 Å². The molecular formula is C28H26BrIN4O4. The molecule has 4 rings (SSSR count). The predicted molar refractivity (Wildman–Crippen MR) is 162 cm³/mol. The van der Waals surface area contributed by atoms with Crippen LogP contribution in [0.25, 0.3) is 10.9 Å². The number of para-hydroxylation sites is 1. The molecule has 1 N–H and O–H groups in total. The van der Waals surface area contributed by atoms with Gasteiger partial charge in [0, 0.05) is 16.1 Å². The van der Waals surface area contributed by atoms with Crippen LogP contribution in [-0.2, 0) is 4.79 Å². The van der Waals surface area contributed by atoms with Crippen LogP contribution in [0.2, 0.25) is 0 Å². The molecule has 196 valence electrons. The minimum Gasteiger partial charge on any atom is -0.493 e. The van der Waals surface area contributed by atoms with Crippen molar-refractivity contribution >= 4 is 67.2 Å². The molecule has 0 bridgehead atoms. The van der Waals surface area contributed by atoms with E-state index < -0.39 is 0 Å². The number of hydrogen-bond acceptors (Lipinski definition) is 6. The molecule has 1 aromatic heterocycles. The molecule has 1 amide bonds. The Morgan fingerprint density at radius 3 is 2.68 bits per heavy atom. The minimum atomic E-state index is -0.285. The molecular weight excluding hydrogens is 663 g/mol. The summed E-state index contributed by atoms with van der Waals surface area (Å²) in [4.78, 5) is 30.5. The van der Waals surface area contributed by atoms with Crippen molar-refractivity contribution in [1.29, 1.82) is 0 Å². The van der Waals surface area contributed by atoms with Gasteiger partial charge in [0.05, 0.1) is 27.8 Å². The Kier molecular flexibility index (Phi) is 9.16. The third kappa shape index (κ3) is 6.41.